The van der Waals surface area contributed by atoms with Crippen LogP contribution in [-0.2, 0) is 16.0 Å². The average molecular weight is 470 g/mol. The third-order valence-corrected chi connectivity index (χ3v) is 6.17. The molecule has 3 aromatic carbocycles. The van der Waals surface area contributed by atoms with Crippen LogP contribution >= 0.6 is 23.2 Å². The molecule has 0 bridgehead atoms. The highest BCUT2D eigenvalue weighted by Crippen LogP contribution is 2.44. The lowest BCUT2D eigenvalue weighted by Gasteiger charge is -2.22. The number of carbonyl (C=O) groups excluding carboxylic acids is 1. The summed E-state index contributed by atoms with van der Waals surface area (Å²) >= 11 is 12.1. The highest BCUT2D eigenvalue weighted by Gasteiger charge is 2.30. The molecular weight excluding hydrogens is 449 g/mol. The van der Waals surface area contributed by atoms with E-state index in [0.29, 0.717) is 16.5 Å². The zero-order valence-electron chi connectivity index (χ0n) is 17.1. The van der Waals surface area contributed by atoms with Crippen LogP contribution in [0.15, 0.2) is 66.7 Å². The van der Waals surface area contributed by atoms with Crippen molar-refractivity contribution in [1.29, 1.82) is 0 Å². The number of hydrogen-bond acceptors (Lipinski definition) is 3. The van der Waals surface area contributed by atoms with Gasteiger partial charge in [0.15, 0.2) is 0 Å². The smallest absolute Gasteiger partial charge is 0.410 e. The first-order chi connectivity index (χ1) is 15.4. The molecule has 164 valence electrons. The number of hydrogen-bond donors (Lipinski definition) is 1. The van der Waals surface area contributed by atoms with Gasteiger partial charge in [-0.15, -0.1) is 0 Å². The van der Waals surface area contributed by atoms with E-state index in [1.165, 1.54) is 4.90 Å². The van der Waals surface area contributed by atoms with E-state index >= 15 is 0 Å². The van der Waals surface area contributed by atoms with Crippen molar-refractivity contribution in [3.63, 3.8) is 0 Å². The van der Waals surface area contributed by atoms with E-state index in [4.69, 9.17) is 27.9 Å². The fourth-order valence-corrected chi connectivity index (χ4v) is 4.57. The van der Waals surface area contributed by atoms with Crippen molar-refractivity contribution in [3.05, 3.63) is 93.5 Å². The minimum atomic E-state index is -1.11. The Balaban J connectivity index is 1.46. The summed E-state index contributed by atoms with van der Waals surface area (Å²) in [7, 11) is 0. The molecule has 0 aliphatic heterocycles. The van der Waals surface area contributed by atoms with Gasteiger partial charge >= 0.3 is 12.1 Å². The van der Waals surface area contributed by atoms with Gasteiger partial charge in [0.25, 0.3) is 0 Å². The maximum atomic E-state index is 12.8. The van der Waals surface area contributed by atoms with Crippen LogP contribution in [0.1, 0.15) is 22.6 Å². The van der Waals surface area contributed by atoms with Gasteiger partial charge in [-0.2, -0.15) is 0 Å². The minimum Gasteiger partial charge on any atom is -0.480 e. The molecule has 32 heavy (non-hydrogen) atoms. The second-order valence-electron chi connectivity index (χ2n) is 7.61. The molecule has 1 aliphatic carbocycles. The Morgan fingerprint density at radius 1 is 0.938 bits per heavy atom. The predicted octanol–water partition coefficient (Wildman–Crippen LogP) is 5.87. The average Bonchev–Trinajstić information content (AvgIpc) is 3.09. The van der Waals surface area contributed by atoms with Crippen LogP contribution in [0.25, 0.3) is 11.1 Å². The molecule has 0 spiro atoms. The molecule has 0 atom stereocenters. The standard InChI is InChI=1S/C25H21Cl2NO4/c26-17-10-9-16(23(27)13-17)11-12-28(14-24(29)30)25(31)32-15-22-20-7-3-1-5-18(20)19-6-2-4-8-21(19)22/h1-10,13,22H,11-12,14-15H2,(H,29,30). The van der Waals surface area contributed by atoms with Gasteiger partial charge in [-0.25, -0.2) is 4.79 Å². The molecule has 0 unspecified atom stereocenters. The lowest BCUT2D eigenvalue weighted by molar-refractivity contribution is -0.138. The summed E-state index contributed by atoms with van der Waals surface area (Å²) < 4.78 is 5.61. The van der Waals surface area contributed by atoms with E-state index in [1.54, 1.807) is 18.2 Å². The Labute approximate surface area is 196 Å². The van der Waals surface area contributed by atoms with Gasteiger partial charge in [0.1, 0.15) is 13.2 Å². The Kier molecular flexibility index (Phi) is 6.68. The number of carbonyl (C=O) groups is 2. The van der Waals surface area contributed by atoms with Crippen LogP contribution in [0.5, 0.6) is 0 Å². The highest BCUT2D eigenvalue weighted by molar-refractivity contribution is 6.35. The molecule has 0 saturated carbocycles. The van der Waals surface area contributed by atoms with E-state index in [9.17, 15) is 14.7 Å². The van der Waals surface area contributed by atoms with Gasteiger partial charge in [0.05, 0.1) is 0 Å². The van der Waals surface area contributed by atoms with Crippen molar-refractivity contribution >= 4 is 35.3 Å². The second-order valence-corrected chi connectivity index (χ2v) is 8.45. The number of benzene rings is 3. The van der Waals surface area contributed by atoms with Crippen molar-refractivity contribution in [2.75, 3.05) is 19.7 Å². The first kappa shape index (κ1) is 22.2. The van der Waals surface area contributed by atoms with Gasteiger partial charge in [-0.3, -0.25) is 9.69 Å². The zero-order valence-corrected chi connectivity index (χ0v) is 18.6. The Bertz CT molecular complexity index is 1120. The topological polar surface area (TPSA) is 66.8 Å². The summed E-state index contributed by atoms with van der Waals surface area (Å²) in [5, 5.41) is 10.3. The maximum Gasteiger partial charge on any atom is 0.410 e. The fourth-order valence-electron chi connectivity index (χ4n) is 4.06. The quantitative estimate of drug-likeness (QED) is 0.469. The van der Waals surface area contributed by atoms with Gasteiger partial charge in [0.2, 0.25) is 0 Å². The maximum absolute atomic E-state index is 12.8. The van der Waals surface area contributed by atoms with Gasteiger partial charge in [-0.05, 0) is 46.4 Å². The number of fused-ring (bicyclic) bond motifs is 3. The number of halogens is 2. The number of nitrogens with zero attached hydrogens (tertiary/aromatic N) is 1. The van der Waals surface area contributed by atoms with Crippen molar-refractivity contribution in [2.45, 2.75) is 12.3 Å². The molecular formula is C25H21Cl2NO4. The van der Waals surface area contributed by atoms with Crippen molar-refractivity contribution in [3.8, 4) is 11.1 Å². The molecule has 0 saturated heterocycles. The van der Waals surface area contributed by atoms with Crippen LogP contribution in [0.4, 0.5) is 4.79 Å². The molecule has 0 radical (unpaired) electrons. The summed E-state index contributed by atoms with van der Waals surface area (Å²) in [6.07, 6.45) is -0.285. The summed E-state index contributed by atoms with van der Waals surface area (Å²) in [6, 6.07) is 21.2. The van der Waals surface area contributed by atoms with Crippen molar-refractivity contribution < 1.29 is 19.4 Å². The van der Waals surface area contributed by atoms with Crippen LogP contribution in [0.3, 0.4) is 0 Å². The lowest BCUT2D eigenvalue weighted by atomic mass is 9.98. The van der Waals surface area contributed by atoms with E-state index in [2.05, 4.69) is 12.1 Å². The molecule has 1 aliphatic rings. The molecule has 0 fully saturated rings. The Hall–Kier alpha value is -3.02. The van der Waals surface area contributed by atoms with Gasteiger partial charge in [-0.1, -0.05) is 77.8 Å². The first-order valence-electron chi connectivity index (χ1n) is 10.2. The number of rotatable bonds is 7. The lowest BCUT2D eigenvalue weighted by Crippen LogP contribution is -2.38. The third-order valence-electron chi connectivity index (χ3n) is 5.59. The Morgan fingerprint density at radius 2 is 1.56 bits per heavy atom. The summed E-state index contributed by atoms with van der Waals surface area (Å²) in [5.41, 5.74) is 5.23. The minimum absolute atomic E-state index is 0.0938. The number of carboxylic acid groups (broad SMARTS) is 1. The van der Waals surface area contributed by atoms with Gasteiger partial charge < -0.3 is 9.84 Å². The van der Waals surface area contributed by atoms with E-state index in [0.717, 1.165) is 27.8 Å². The number of carboxylic acids is 1. The first-order valence-corrected chi connectivity index (χ1v) is 11.0. The molecule has 1 amide bonds. The van der Waals surface area contributed by atoms with E-state index in [1.807, 2.05) is 36.4 Å². The van der Waals surface area contributed by atoms with Crippen LogP contribution in [-0.4, -0.2) is 41.8 Å². The third kappa shape index (κ3) is 4.74. The molecule has 0 heterocycles. The van der Waals surface area contributed by atoms with E-state index in [-0.39, 0.29) is 19.1 Å². The summed E-state index contributed by atoms with van der Waals surface area (Å²) in [4.78, 5) is 25.3. The highest BCUT2D eigenvalue weighted by atomic mass is 35.5. The SMILES string of the molecule is O=C(O)CN(CCc1ccc(Cl)cc1Cl)C(=O)OCC1c2ccccc2-c2ccccc21. The van der Waals surface area contributed by atoms with Gasteiger partial charge in [0, 0.05) is 22.5 Å². The summed E-state index contributed by atoms with van der Waals surface area (Å²) in [6.45, 7) is -0.170. The second kappa shape index (κ2) is 9.63. The Morgan fingerprint density at radius 3 is 2.16 bits per heavy atom. The van der Waals surface area contributed by atoms with Crippen molar-refractivity contribution in [1.82, 2.24) is 4.90 Å². The number of aliphatic carboxylic acids is 1. The molecule has 1 N–H and O–H groups in total. The summed E-state index contributed by atoms with van der Waals surface area (Å²) in [5.74, 6) is -1.20. The largest absolute Gasteiger partial charge is 0.480 e. The van der Waals surface area contributed by atoms with Crippen LogP contribution < -0.4 is 0 Å². The normalized spacial score (nSPS) is 12.2. The fraction of sp³-hybridized carbons (Fsp3) is 0.200. The molecule has 7 heteroatoms. The molecule has 5 nitrogen and oxygen atoms in total. The molecule has 3 aromatic rings. The molecule has 4 rings (SSSR count). The zero-order chi connectivity index (χ0) is 22.7. The van der Waals surface area contributed by atoms with Crippen LogP contribution in [0, 0.1) is 0 Å². The van der Waals surface area contributed by atoms with Crippen LogP contribution in [0.2, 0.25) is 10.0 Å². The van der Waals surface area contributed by atoms with E-state index < -0.39 is 18.6 Å². The monoisotopic (exact) mass is 469 g/mol. The van der Waals surface area contributed by atoms with Crippen molar-refractivity contribution in [2.24, 2.45) is 0 Å². The molecule has 0 aromatic heterocycles. The number of amides is 1. The predicted molar refractivity (Wildman–Crippen MR) is 124 cm³/mol. The number of ether oxygens (including phenoxy) is 1.